The first kappa shape index (κ1) is 16.1. The van der Waals surface area contributed by atoms with Crippen molar-refractivity contribution in [1.82, 2.24) is 0 Å². The highest BCUT2D eigenvalue weighted by molar-refractivity contribution is 7.91. The van der Waals surface area contributed by atoms with Gasteiger partial charge in [-0.15, -0.1) is 0 Å². The van der Waals surface area contributed by atoms with Gasteiger partial charge in [-0.3, -0.25) is 0 Å². The zero-order chi connectivity index (χ0) is 15.5. The van der Waals surface area contributed by atoms with Crippen molar-refractivity contribution in [3.05, 3.63) is 24.3 Å². The lowest BCUT2D eigenvalue weighted by molar-refractivity contribution is 0.579. The van der Waals surface area contributed by atoms with Crippen LogP contribution in [0.5, 0.6) is 0 Å². The van der Waals surface area contributed by atoms with Crippen LogP contribution in [0.4, 0.5) is 11.4 Å². The average molecular weight is 310 g/mol. The molecule has 118 valence electrons. The summed E-state index contributed by atoms with van der Waals surface area (Å²) < 4.78 is 23.6. The monoisotopic (exact) mass is 310 g/mol. The minimum absolute atomic E-state index is 0.0410. The Hall–Kier alpha value is -1.23. The molecule has 21 heavy (non-hydrogen) atoms. The number of hydrogen-bond donors (Lipinski definition) is 1. The number of anilines is 2. The molecule has 0 spiro atoms. The molecular formula is C16H26N2O2S. The number of nitrogens with zero attached hydrogens (tertiary/aromatic N) is 1. The third-order valence-electron chi connectivity index (χ3n) is 4.35. The van der Waals surface area contributed by atoms with Crippen LogP contribution in [0.3, 0.4) is 0 Å². The van der Waals surface area contributed by atoms with Crippen LogP contribution in [0.2, 0.25) is 0 Å². The number of benzene rings is 1. The number of hydrogen-bond acceptors (Lipinski definition) is 4. The first-order chi connectivity index (χ1) is 9.95. The van der Waals surface area contributed by atoms with E-state index < -0.39 is 9.84 Å². The Kier molecular flexibility index (Phi) is 5.14. The van der Waals surface area contributed by atoms with Gasteiger partial charge in [0.15, 0.2) is 9.84 Å². The van der Waals surface area contributed by atoms with Gasteiger partial charge in [-0.05, 0) is 57.4 Å². The highest BCUT2D eigenvalue weighted by Gasteiger charge is 2.34. The summed E-state index contributed by atoms with van der Waals surface area (Å²) in [7, 11) is -2.97. The molecule has 1 N–H and O–H groups in total. The fourth-order valence-corrected chi connectivity index (χ4v) is 4.57. The topological polar surface area (TPSA) is 49.4 Å². The van der Waals surface area contributed by atoms with Crippen molar-refractivity contribution in [2.24, 2.45) is 0 Å². The summed E-state index contributed by atoms with van der Waals surface area (Å²) >= 11 is 0. The third kappa shape index (κ3) is 3.90. The smallest absolute Gasteiger partial charge is 0.152 e. The summed E-state index contributed by atoms with van der Waals surface area (Å²) in [5.41, 5.74) is 2.21. The molecule has 5 heteroatoms. The maximum absolute atomic E-state index is 11.8. The van der Waals surface area contributed by atoms with Gasteiger partial charge in [0.2, 0.25) is 0 Å². The predicted molar refractivity (Wildman–Crippen MR) is 89.9 cm³/mol. The van der Waals surface area contributed by atoms with Crippen LogP contribution in [0.1, 0.15) is 33.1 Å². The van der Waals surface area contributed by atoms with E-state index in [9.17, 15) is 8.42 Å². The molecule has 2 atom stereocenters. The van der Waals surface area contributed by atoms with Crippen LogP contribution >= 0.6 is 0 Å². The normalized spacial score (nSPS) is 22.2. The highest BCUT2D eigenvalue weighted by Crippen LogP contribution is 2.28. The predicted octanol–water partition coefficient (Wildman–Crippen LogP) is 2.91. The molecule has 0 heterocycles. The molecule has 0 radical (unpaired) electrons. The van der Waals surface area contributed by atoms with E-state index >= 15 is 0 Å². The molecule has 0 amide bonds. The maximum atomic E-state index is 11.8. The lowest BCUT2D eigenvalue weighted by atomic mass is 10.2. The molecule has 0 bridgehead atoms. The van der Waals surface area contributed by atoms with Crippen molar-refractivity contribution in [3.8, 4) is 0 Å². The Balaban J connectivity index is 2.06. The Labute approximate surface area is 128 Å². The van der Waals surface area contributed by atoms with E-state index in [1.165, 1.54) is 11.9 Å². The second-order valence-electron chi connectivity index (χ2n) is 5.77. The van der Waals surface area contributed by atoms with E-state index in [1.54, 1.807) is 0 Å². The van der Waals surface area contributed by atoms with Gasteiger partial charge in [-0.25, -0.2) is 8.42 Å². The highest BCUT2D eigenvalue weighted by atomic mass is 32.2. The first-order valence-corrected chi connectivity index (χ1v) is 9.71. The van der Waals surface area contributed by atoms with Gasteiger partial charge < -0.3 is 10.2 Å². The molecule has 1 aliphatic carbocycles. The van der Waals surface area contributed by atoms with Crippen molar-refractivity contribution in [3.63, 3.8) is 0 Å². The molecule has 1 aromatic rings. The summed E-state index contributed by atoms with van der Waals surface area (Å²) in [4.78, 5) is 2.29. The van der Waals surface area contributed by atoms with Crippen LogP contribution in [0.25, 0.3) is 0 Å². The zero-order valence-electron chi connectivity index (χ0n) is 13.2. The second-order valence-corrected chi connectivity index (χ2v) is 8.03. The molecule has 0 saturated heterocycles. The molecule has 1 fully saturated rings. The van der Waals surface area contributed by atoms with E-state index in [0.29, 0.717) is 0 Å². The summed E-state index contributed by atoms with van der Waals surface area (Å²) in [5.74, 6) is 0. The molecule has 1 aliphatic rings. The van der Waals surface area contributed by atoms with Crippen molar-refractivity contribution in [2.45, 2.75) is 44.4 Å². The van der Waals surface area contributed by atoms with E-state index in [0.717, 1.165) is 38.0 Å². The molecule has 0 aliphatic heterocycles. The van der Waals surface area contributed by atoms with Crippen molar-refractivity contribution in [2.75, 3.05) is 29.6 Å². The quantitative estimate of drug-likeness (QED) is 0.878. The minimum Gasteiger partial charge on any atom is -0.381 e. The van der Waals surface area contributed by atoms with Crippen molar-refractivity contribution >= 4 is 21.2 Å². The van der Waals surface area contributed by atoms with E-state index in [4.69, 9.17) is 0 Å². The van der Waals surface area contributed by atoms with Crippen LogP contribution in [-0.4, -0.2) is 39.1 Å². The number of sulfone groups is 1. The Morgan fingerprint density at radius 1 is 1.14 bits per heavy atom. The van der Waals surface area contributed by atoms with Gasteiger partial charge in [0.1, 0.15) is 0 Å². The van der Waals surface area contributed by atoms with Gasteiger partial charge in [0.05, 0.1) is 5.25 Å². The van der Waals surface area contributed by atoms with Gasteiger partial charge in [-0.1, -0.05) is 0 Å². The number of nitrogens with one attached hydrogen (secondary N) is 1. The van der Waals surface area contributed by atoms with Gasteiger partial charge >= 0.3 is 0 Å². The molecule has 1 aromatic carbocycles. The summed E-state index contributed by atoms with van der Waals surface area (Å²) in [6, 6.07) is 8.33. The van der Waals surface area contributed by atoms with Crippen LogP contribution < -0.4 is 10.2 Å². The number of rotatable bonds is 6. The third-order valence-corrected chi connectivity index (χ3v) is 6.01. The molecule has 4 nitrogen and oxygen atoms in total. The van der Waals surface area contributed by atoms with Crippen molar-refractivity contribution in [1.29, 1.82) is 0 Å². The fraction of sp³-hybridized carbons (Fsp3) is 0.625. The van der Waals surface area contributed by atoms with E-state index in [-0.39, 0.29) is 11.3 Å². The van der Waals surface area contributed by atoms with Gasteiger partial charge in [-0.2, -0.15) is 0 Å². The molecule has 1 saturated carbocycles. The Morgan fingerprint density at radius 2 is 1.76 bits per heavy atom. The largest absolute Gasteiger partial charge is 0.381 e. The second kappa shape index (κ2) is 6.69. The van der Waals surface area contributed by atoms with Gasteiger partial charge in [0.25, 0.3) is 0 Å². The molecule has 2 unspecified atom stereocenters. The fourth-order valence-electron chi connectivity index (χ4n) is 3.17. The summed E-state index contributed by atoms with van der Waals surface area (Å²) in [6.45, 7) is 6.26. The van der Waals surface area contributed by atoms with E-state index in [1.807, 2.05) is 12.1 Å². The van der Waals surface area contributed by atoms with E-state index in [2.05, 4.69) is 36.2 Å². The van der Waals surface area contributed by atoms with Crippen molar-refractivity contribution < 1.29 is 8.42 Å². The summed E-state index contributed by atoms with van der Waals surface area (Å²) in [5, 5.41) is 3.15. The van der Waals surface area contributed by atoms with Crippen LogP contribution in [-0.2, 0) is 9.84 Å². The lowest BCUT2D eigenvalue weighted by Crippen LogP contribution is -2.34. The molecule has 2 rings (SSSR count). The average Bonchev–Trinajstić information content (AvgIpc) is 2.90. The molecule has 0 aromatic heterocycles. The van der Waals surface area contributed by atoms with Gasteiger partial charge in [0, 0.05) is 36.8 Å². The Morgan fingerprint density at radius 3 is 2.29 bits per heavy atom. The summed E-state index contributed by atoms with van der Waals surface area (Å²) in [6.07, 6.45) is 4.03. The Bertz CT molecular complexity index is 550. The standard InChI is InChI=1S/C16H26N2O2S/c1-4-18(5-2)14-11-9-13(10-12-14)17-15-7-6-8-16(15)21(3,19)20/h9-12,15-17H,4-8H2,1-3H3. The zero-order valence-corrected chi connectivity index (χ0v) is 14.0. The molecular weight excluding hydrogens is 284 g/mol. The maximum Gasteiger partial charge on any atom is 0.152 e. The van der Waals surface area contributed by atoms with Crippen LogP contribution in [0.15, 0.2) is 24.3 Å². The van der Waals surface area contributed by atoms with Crippen LogP contribution in [0, 0.1) is 0 Å². The SMILES string of the molecule is CCN(CC)c1ccc(NC2CCCC2S(C)(=O)=O)cc1. The minimum atomic E-state index is -2.97. The lowest BCUT2D eigenvalue weighted by Gasteiger charge is -2.23. The first-order valence-electron chi connectivity index (χ1n) is 7.76.